The highest BCUT2D eigenvalue weighted by Gasteiger charge is 2.53. The highest BCUT2D eigenvalue weighted by atomic mass is 16.3. The Bertz CT molecular complexity index is 3980. The van der Waals surface area contributed by atoms with Crippen LogP contribution in [-0.2, 0) is 10.8 Å². The highest BCUT2D eigenvalue weighted by molar-refractivity contribution is 6.17. The van der Waals surface area contributed by atoms with E-state index in [-0.39, 0.29) is 10.8 Å². The molecule has 0 radical (unpaired) electrons. The summed E-state index contributed by atoms with van der Waals surface area (Å²) < 4.78 is 6.58. The lowest BCUT2D eigenvalue weighted by molar-refractivity contribution is 0.590. The number of hydrogen-bond donors (Lipinski definition) is 0. The van der Waals surface area contributed by atoms with Crippen molar-refractivity contribution >= 4 is 49.7 Å². The maximum Gasteiger partial charge on any atom is 0.145 e. The number of para-hydroxylation sites is 1. The molecule has 11 aromatic rings. The van der Waals surface area contributed by atoms with Crippen molar-refractivity contribution in [2.45, 2.75) is 44.4 Å². The third kappa shape index (κ3) is 6.16. The van der Waals surface area contributed by atoms with Gasteiger partial charge in [0.15, 0.2) is 0 Å². The summed E-state index contributed by atoms with van der Waals surface area (Å²) >= 11 is 0. The summed E-state index contributed by atoms with van der Waals surface area (Å²) in [5, 5.41) is 4.42. The summed E-state index contributed by atoms with van der Waals surface area (Å²) in [5.74, 6) is 0. The van der Waals surface area contributed by atoms with Gasteiger partial charge in [-0.15, -0.1) is 0 Å². The first-order valence-corrected chi connectivity index (χ1v) is 25.0. The number of furan rings is 1. The first-order valence-electron chi connectivity index (χ1n) is 25.0. The van der Waals surface area contributed by atoms with E-state index in [1.54, 1.807) is 0 Å². The van der Waals surface area contributed by atoms with Gasteiger partial charge in [-0.2, -0.15) is 0 Å². The molecule has 14 rings (SSSR count). The molecule has 0 saturated heterocycles. The van der Waals surface area contributed by atoms with E-state index < -0.39 is 0 Å². The van der Waals surface area contributed by atoms with Gasteiger partial charge in [-0.1, -0.05) is 215 Å². The second-order valence-electron chi connectivity index (χ2n) is 20.5. The molecule has 0 saturated carbocycles. The summed E-state index contributed by atoms with van der Waals surface area (Å²) in [7, 11) is 0. The number of nitrogens with zero attached hydrogens (tertiary/aromatic N) is 1. The van der Waals surface area contributed by atoms with Crippen LogP contribution in [0.5, 0.6) is 0 Å². The summed E-state index contributed by atoms with van der Waals surface area (Å²) in [6.07, 6.45) is 4.26. The number of fused-ring (bicyclic) bond motifs is 13. The molecule has 1 aromatic heterocycles. The Labute approximate surface area is 415 Å². The van der Waals surface area contributed by atoms with Crippen LogP contribution in [0, 0.1) is 12.1 Å². The molecule has 0 unspecified atom stereocenters. The smallest absolute Gasteiger partial charge is 0.145 e. The average molecular weight is 908 g/mol. The van der Waals surface area contributed by atoms with Gasteiger partial charge in [0, 0.05) is 39.2 Å². The molecule has 0 atom stereocenters. The molecule has 0 fully saturated rings. The minimum Gasteiger partial charge on any atom is -0.455 e. The lowest BCUT2D eigenvalue weighted by atomic mass is 9.68. The first kappa shape index (κ1) is 41.3. The molecule has 3 aliphatic rings. The van der Waals surface area contributed by atoms with Crippen LogP contribution in [-0.4, -0.2) is 0 Å². The van der Waals surface area contributed by atoms with E-state index in [1.807, 2.05) is 12.1 Å². The second kappa shape index (κ2) is 15.7. The zero-order valence-electron chi connectivity index (χ0n) is 40.1. The van der Waals surface area contributed by atoms with Gasteiger partial charge in [-0.25, -0.2) is 0 Å². The molecule has 0 bridgehead atoms. The summed E-state index contributed by atoms with van der Waals surface area (Å²) in [6.45, 7) is 6.83. The summed E-state index contributed by atoms with van der Waals surface area (Å²) in [5.41, 5.74) is 23.8. The predicted octanol–water partition coefficient (Wildman–Crippen LogP) is 18.2. The van der Waals surface area contributed by atoms with Gasteiger partial charge in [0.05, 0.1) is 16.8 Å². The quantitative estimate of drug-likeness (QED) is 0.165. The van der Waals surface area contributed by atoms with Crippen molar-refractivity contribution in [1.82, 2.24) is 0 Å². The van der Waals surface area contributed by atoms with Crippen molar-refractivity contribution in [3.63, 3.8) is 0 Å². The number of rotatable bonds is 6. The molecule has 71 heavy (non-hydrogen) atoms. The van der Waals surface area contributed by atoms with Crippen molar-refractivity contribution in [2.24, 2.45) is 0 Å². The van der Waals surface area contributed by atoms with Crippen LogP contribution in [0.25, 0.3) is 82.8 Å². The molecule has 1 heterocycles. The van der Waals surface area contributed by atoms with E-state index >= 15 is 0 Å². The van der Waals surface area contributed by atoms with E-state index in [2.05, 4.69) is 244 Å². The Hall–Kier alpha value is -8.64. The fourth-order valence-corrected chi connectivity index (χ4v) is 12.5. The number of anilines is 2. The Morgan fingerprint density at radius 2 is 1.13 bits per heavy atom. The van der Waals surface area contributed by atoms with Crippen LogP contribution >= 0.6 is 0 Å². The normalized spacial score (nSPS) is 14.3. The van der Waals surface area contributed by atoms with Gasteiger partial charge in [-0.05, 0) is 126 Å². The maximum atomic E-state index is 6.58. The SMILES string of the molecule is CC(C)(C)c1ccc(-c2ccc(N(C3=CC4=C(CC3)C3(c5ccccc54)c4ccccc4-c4ccccc43)c3ccc4ccccc4c3-c3c#ccc4oc5ccccc5c34)c(-c3ccccc3)c2)cc1. The molecule has 0 N–H and O–H groups in total. The standard InChI is InChI=1S/C69H49NO/c1-68(2,3)48-36-32-44(33-37-48)47-35-40-62(56(42-47)45-18-5-4-6-19-45)70(63-41-34-46-20-7-8-21-50(46)66(63)55-26-17-31-65-67(55)54-25-12-16-30-64(54)71-65)49-38-39-61-57(43-49)53-24-11-15-29-60(53)69(61)58-27-13-9-22-51(58)52-23-10-14-28-59(52)69/h4-16,18-25,27-37,40-43H,38-39H2,1-3H3. The van der Waals surface area contributed by atoms with Gasteiger partial charge < -0.3 is 9.32 Å². The largest absolute Gasteiger partial charge is 0.455 e. The minimum absolute atomic E-state index is 0.0605. The Balaban J connectivity index is 1.07. The van der Waals surface area contributed by atoms with Gasteiger partial charge in [0.25, 0.3) is 0 Å². The number of benzene rings is 9. The van der Waals surface area contributed by atoms with Crippen LogP contribution < -0.4 is 4.90 Å². The Morgan fingerprint density at radius 1 is 0.507 bits per heavy atom. The zero-order chi connectivity index (χ0) is 47.4. The average Bonchev–Trinajstić information content (AvgIpc) is 4.05. The van der Waals surface area contributed by atoms with Crippen LogP contribution in [0.4, 0.5) is 11.4 Å². The van der Waals surface area contributed by atoms with E-state index in [1.165, 1.54) is 66.9 Å². The molecule has 0 amide bonds. The monoisotopic (exact) mass is 907 g/mol. The van der Waals surface area contributed by atoms with Crippen molar-refractivity contribution < 1.29 is 4.42 Å². The molecule has 1 spiro atoms. The fourth-order valence-electron chi connectivity index (χ4n) is 12.5. The Kier molecular flexibility index (Phi) is 9.14. The minimum atomic E-state index is -0.373. The molecule has 336 valence electrons. The van der Waals surface area contributed by atoms with Crippen LogP contribution in [0.15, 0.2) is 234 Å². The second-order valence-corrected chi connectivity index (χ2v) is 20.5. The highest BCUT2D eigenvalue weighted by Crippen LogP contribution is 2.64. The lowest BCUT2D eigenvalue weighted by Crippen LogP contribution is -2.29. The molecule has 2 nitrogen and oxygen atoms in total. The first-order chi connectivity index (χ1) is 34.9. The molecular weight excluding hydrogens is 859 g/mol. The summed E-state index contributed by atoms with van der Waals surface area (Å²) in [6, 6.07) is 85.6. The third-order valence-corrected chi connectivity index (χ3v) is 15.7. The van der Waals surface area contributed by atoms with Crippen molar-refractivity contribution in [1.29, 1.82) is 0 Å². The molecular formula is C69H49NO. The van der Waals surface area contributed by atoms with Gasteiger partial charge in [0.1, 0.15) is 11.2 Å². The Morgan fingerprint density at radius 3 is 1.87 bits per heavy atom. The summed E-state index contributed by atoms with van der Waals surface area (Å²) in [4.78, 5) is 2.60. The topological polar surface area (TPSA) is 16.4 Å². The van der Waals surface area contributed by atoms with Crippen LogP contribution in [0.3, 0.4) is 0 Å². The van der Waals surface area contributed by atoms with Gasteiger partial charge in [-0.3, -0.25) is 0 Å². The van der Waals surface area contributed by atoms with E-state index in [9.17, 15) is 0 Å². The molecule has 0 aliphatic heterocycles. The van der Waals surface area contributed by atoms with Crippen LogP contribution in [0.2, 0.25) is 0 Å². The molecule has 10 aromatic carbocycles. The van der Waals surface area contributed by atoms with E-state index in [4.69, 9.17) is 4.42 Å². The molecule has 3 aliphatic carbocycles. The van der Waals surface area contributed by atoms with Gasteiger partial charge >= 0.3 is 0 Å². The maximum absolute atomic E-state index is 6.58. The van der Waals surface area contributed by atoms with Gasteiger partial charge in [0.2, 0.25) is 0 Å². The molecule has 2 heteroatoms. The number of hydrogen-bond acceptors (Lipinski definition) is 2. The zero-order valence-corrected chi connectivity index (χ0v) is 40.1. The van der Waals surface area contributed by atoms with Crippen molar-refractivity contribution in [2.75, 3.05) is 4.90 Å². The number of allylic oxidation sites excluding steroid dienone is 4. The van der Waals surface area contributed by atoms with E-state index in [0.29, 0.717) is 0 Å². The fraction of sp³-hybridized carbons (Fsp3) is 0.101. The van der Waals surface area contributed by atoms with Crippen molar-refractivity contribution in [3.05, 3.63) is 270 Å². The van der Waals surface area contributed by atoms with E-state index in [0.717, 1.165) is 79.2 Å². The van der Waals surface area contributed by atoms with Crippen molar-refractivity contribution in [3.8, 4) is 44.5 Å². The third-order valence-electron chi connectivity index (χ3n) is 15.7. The predicted molar refractivity (Wildman–Crippen MR) is 295 cm³/mol. The van der Waals surface area contributed by atoms with Crippen LogP contribution in [0.1, 0.15) is 61.4 Å². The lowest BCUT2D eigenvalue weighted by Gasteiger charge is -2.37.